The van der Waals surface area contributed by atoms with Gasteiger partial charge in [0.1, 0.15) is 24.1 Å². The maximum Gasteiger partial charge on any atom is 0.412 e. The lowest BCUT2D eigenvalue weighted by atomic mass is 9.55. The van der Waals surface area contributed by atoms with E-state index in [-0.39, 0.29) is 68.1 Å². The van der Waals surface area contributed by atoms with Gasteiger partial charge in [0, 0.05) is 62.3 Å². The second-order valence-electron chi connectivity index (χ2n) is 19.3. The molecule has 2 saturated carbocycles. The normalized spacial score (nSPS) is 23.1. The summed E-state index contributed by atoms with van der Waals surface area (Å²) in [4.78, 5) is 46.9. The summed E-state index contributed by atoms with van der Waals surface area (Å²) >= 11 is 0. The number of nitrogens with zero attached hydrogens (tertiary/aromatic N) is 3. The van der Waals surface area contributed by atoms with E-state index in [0.717, 1.165) is 68.9 Å². The second-order valence-corrected chi connectivity index (χ2v) is 19.3. The number of unbranched alkanes of at least 4 members (excludes halogenated alkanes) is 11. The van der Waals surface area contributed by atoms with Gasteiger partial charge in [0.2, 0.25) is 11.7 Å². The number of nitrogens with one attached hydrogen (secondary N) is 1. The minimum absolute atomic E-state index is 0.00329. The number of ether oxygens (including phenoxy) is 3. The highest BCUT2D eigenvalue weighted by atomic mass is 16.7. The number of amides is 2. The van der Waals surface area contributed by atoms with E-state index in [0.29, 0.717) is 55.1 Å². The highest BCUT2D eigenvalue weighted by Crippen LogP contribution is 2.62. The molecule has 2 amide bonds. The molecule has 2 fully saturated rings. The SMILES string of the molecule is C=CCOC12Oc3ccc(OC(=O)NCCCCCCCCCCCC)cc3C3C(CCCCO)C(CCCCO)C=C(C(=NOCc4ccc([N+](=O)[O-])cc4)CC1N(CCC)C(=O)C1CC1)C32. The van der Waals surface area contributed by atoms with Gasteiger partial charge in [0.05, 0.1) is 23.2 Å². The molecule has 0 bridgehead atoms. The molecule has 2 aromatic rings. The van der Waals surface area contributed by atoms with Crippen LogP contribution in [0.1, 0.15) is 159 Å². The number of aliphatic hydroxyl groups is 2. The van der Waals surface area contributed by atoms with Gasteiger partial charge in [-0.25, -0.2) is 4.79 Å². The first kappa shape index (κ1) is 52.6. The van der Waals surface area contributed by atoms with Crippen LogP contribution in [0.3, 0.4) is 0 Å². The van der Waals surface area contributed by atoms with Gasteiger partial charge >= 0.3 is 6.09 Å². The number of hydrogen-bond acceptors (Lipinski definition) is 11. The molecule has 0 spiro atoms. The number of oxime groups is 1. The Morgan fingerprint density at radius 3 is 2.26 bits per heavy atom. The zero-order valence-electron chi connectivity index (χ0n) is 40.8. The summed E-state index contributed by atoms with van der Waals surface area (Å²) in [5.74, 6) is -1.18. The van der Waals surface area contributed by atoms with Crippen molar-refractivity contribution in [1.82, 2.24) is 10.2 Å². The van der Waals surface area contributed by atoms with Crippen LogP contribution in [0.25, 0.3) is 0 Å². The Morgan fingerprint density at radius 2 is 1.62 bits per heavy atom. The maximum atomic E-state index is 14.5. The van der Waals surface area contributed by atoms with E-state index in [4.69, 9.17) is 24.2 Å². The van der Waals surface area contributed by atoms with Crippen LogP contribution < -0.4 is 14.8 Å². The fourth-order valence-corrected chi connectivity index (χ4v) is 10.8. The van der Waals surface area contributed by atoms with Crippen molar-refractivity contribution in [1.29, 1.82) is 0 Å². The van der Waals surface area contributed by atoms with Gasteiger partial charge < -0.3 is 39.5 Å². The van der Waals surface area contributed by atoms with Gasteiger partial charge in [-0.2, -0.15) is 0 Å². The van der Waals surface area contributed by atoms with Crippen molar-refractivity contribution < 1.29 is 43.8 Å². The number of rotatable bonds is 31. The fourth-order valence-electron chi connectivity index (χ4n) is 10.8. The standard InChI is InChI=1S/C54H78N4O10/c1-4-7-8-9-10-11-12-13-14-17-30-55-53(62)67-43-28-29-48-46(36-43)50-44(21-16-19-33-60)41(20-15-18-32-59)35-45-47(56-66-38-39-22-26-42(27-23-39)58(63)64)37-49(54(68-48,51(45)50)65-34-6-3)57(31-5-2)52(61)40-24-25-40/h6,22-23,26-29,35-36,40-41,44,49-51,59-60H,3-5,7-21,24-25,30-34,37-38H2,1-2H3,(H,55,62). The Hall–Kier alpha value is -4.79. The highest BCUT2D eigenvalue weighted by Gasteiger charge is 2.65. The summed E-state index contributed by atoms with van der Waals surface area (Å²) in [5, 5.41) is 39.1. The van der Waals surface area contributed by atoms with Gasteiger partial charge in [0.15, 0.2) is 0 Å². The first-order valence-corrected chi connectivity index (χ1v) is 25.9. The minimum Gasteiger partial charge on any atom is -0.459 e. The van der Waals surface area contributed by atoms with Gasteiger partial charge in [-0.05, 0) is 105 Å². The van der Waals surface area contributed by atoms with Crippen molar-refractivity contribution in [3.8, 4) is 11.5 Å². The molecule has 0 saturated heterocycles. The van der Waals surface area contributed by atoms with Crippen LogP contribution >= 0.6 is 0 Å². The Labute approximate surface area is 404 Å². The number of carbonyl (C=O) groups is 2. The summed E-state index contributed by atoms with van der Waals surface area (Å²) in [6.07, 6.45) is 22.5. The van der Waals surface area contributed by atoms with Gasteiger partial charge in [-0.1, -0.05) is 102 Å². The number of fused-ring (bicyclic) bond motifs is 2. The van der Waals surface area contributed by atoms with Crippen LogP contribution in [-0.4, -0.2) is 82.5 Å². The molecule has 2 aromatic carbocycles. The largest absolute Gasteiger partial charge is 0.459 e. The Bertz CT molecular complexity index is 2000. The van der Waals surface area contributed by atoms with Crippen LogP contribution in [-0.2, 0) is 21.0 Å². The Balaban J connectivity index is 1.37. The van der Waals surface area contributed by atoms with Crippen LogP contribution in [0.4, 0.5) is 10.5 Å². The van der Waals surface area contributed by atoms with Crippen molar-refractivity contribution >= 4 is 23.4 Å². The van der Waals surface area contributed by atoms with Crippen LogP contribution in [0.2, 0.25) is 0 Å². The number of nitro benzene ring substituents is 1. The van der Waals surface area contributed by atoms with Crippen molar-refractivity contribution in [2.24, 2.45) is 28.8 Å². The average molecular weight is 943 g/mol. The lowest BCUT2D eigenvalue weighted by molar-refractivity contribution is -0.384. The topological polar surface area (TPSA) is 182 Å². The molecule has 6 atom stereocenters. The summed E-state index contributed by atoms with van der Waals surface area (Å²) in [5.41, 5.74) is 3.12. The highest BCUT2D eigenvalue weighted by molar-refractivity contribution is 6.03. The summed E-state index contributed by atoms with van der Waals surface area (Å²) < 4.78 is 20.4. The number of non-ortho nitro benzene ring substituents is 1. The molecule has 68 heavy (non-hydrogen) atoms. The van der Waals surface area contributed by atoms with Crippen molar-refractivity contribution in [3.05, 3.63) is 88.0 Å². The molecule has 0 aromatic heterocycles. The molecular formula is C54H78N4O10. The van der Waals surface area contributed by atoms with Gasteiger partial charge in [-0.15, -0.1) is 6.58 Å². The molecule has 374 valence electrons. The van der Waals surface area contributed by atoms with Gasteiger partial charge in [-0.3, -0.25) is 14.9 Å². The number of hydrogen-bond donors (Lipinski definition) is 3. The number of carbonyl (C=O) groups excluding carboxylic acids is 2. The second kappa shape index (κ2) is 26.8. The zero-order valence-corrected chi connectivity index (χ0v) is 40.8. The molecular weight excluding hydrogens is 865 g/mol. The first-order valence-electron chi connectivity index (χ1n) is 25.9. The third-order valence-electron chi connectivity index (χ3n) is 14.3. The lowest BCUT2D eigenvalue weighted by Gasteiger charge is -2.60. The van der Waals surface area contributed by atoms with Crippen molar-refractivity contribution in [3.63, 3.8) is 0 Å². The van der Waals surface area contributed by atoms with Crippen LogP contribution in [0.15, 0.2) is 71.9 Å². The number of allylic oxidation sites excluding steroid dienone is 1. The van der Waals surface area contributed by atoms with E-state index in [1.807, 2.05) is 17.0 Å². The first-order chi connectivity index (χ1) is 33.2. The van der Waals surface area contributed by atoms with Crippen LogP contribution in [0, 0.1) is 33.8 Å². The molecule has 3 aliphatic carbocycles. The Kier molecular flexibility index (Phi) is 20.7. The zero-order chi connectivity index (χ0) is 48.3. The average Bonchev–Trinajstić information content (AvgIpc) is 4.19. The van der Waals surface area contributed by atoms with E-state index >= 15 is 0 Å². The quantitative estimate of drug-likeness (QED) is 0.0285. The molecule has 1 heterocycles. The Morgan fingerprint density at radius 1 is 0.926 bits per heavy atom. The predicted molar refractivity (Wildman–Crippen MR) is 263 cm³/mol. The lowest BCUT2D eigenvalue weighted by Crippen LogP contribution is -2.70. The van der Waals surface area contributed by atoms with Gasteiger partial charge in [0.25, 0.3) is 5.69 Å². The van der Waals surface area contributed by atoms with E-state index in [1.54, 1.807) is 24.3 Å². The molecule has 14 nitrogen and oxygen atoms in total. The summed E-state index contributed by atoms with van der Waals surface area (Å²) in [7, 11) is 0. The van der Waals surface area contributed by atoms with E-state index in [1.165, 1.54) is 57.1 Å². The molecule has 3 N–H and O–H groups in total. The molecule has 6 unspecified atom stereocenters. The molecule has 14 heteroatoms. The summed E-state index contributed by atoms with van der Waals surface area (Å²) in [6.45, 7) is 9.70. The summed E-state index contributed by atoms with van der Waals surface area (Å²) in [6, 6.07) is 11.1. The maximum absolute atomic E-state index is 14.5. The third-order valence-corrected chi connectivity index (χ3v) is 14.3. The van der Waals surface area contributed by atoms with E-state index in [2.05, 4.69) is 31.8 Å². The van der Waals surface area contributed by atoms with Crippen molar-refractivity contribution in [2.45, 2.75) is 167 Å². The third kappa shape index (κ3) is 13.7. The molecule has 4 aliphatic rings. The molecule has 1 aliphatic heterocycles. The molecule has 0 radical (unpaired) electrons. The fraction of sp³-hybridized carbons (Fsp3) is 0.648. The number of nitro groups is 1. The minimum atomic E-state index is -1.38. The van der Waals surface area contributed by atoms with Crippen LogP contribution in [0.5, 0.6) is 11.5 Å². The monoisotopic (exact) mass is 943 g/mol. The van der Waals surface area contributed by atoms with E-state index in [9.17, 15) is 29.9 Å². The van der Waals surface area contributed by atoms with Crippen molar-refractivity contribution in [2.75, 3.05) is 32.9 Å². The smallest absolute Gasteiger partial charge is 0.412 e. The number of aliphatic hydroxyl groups excluding tert-OH is 2. The predicted octanol–water partition coefficient (Wildman–Crippen LogP) is 11.1. The van der Waals surface area contributed by atoms with E-state index < -0.39 is 28.8 Å². The number of benzene rings is 2. The molecule has 6 rings (SSSR count).